The average Bonchev–Trinajstić information content (AvgIpc) is 2.68. The summed E-state index contributed by atoms with van der Waals surface area (Å²) >= 11 is 7.13. The van der Waals surface area contributed by atoms with E-state index in [1.54, 1.807) is 7.11 Å². The van der Waals surface area contributed by atoms with Gasteiger partial charge < -0.3 is 9.64 Å². The van der Waals surface area contributed by atoms with Crippen molar-refractivity contribution in [2.24, 2.45) is 5.92 Å². The zero-order valence-corrected chi connectivity index (χ0v) is 11.5. The summed E-state index contributed by atoms with van der Waals surface area (Å²) in [5, 5.41) is 0. The summed E-state index contributed by atoms with van der Waals surface area (Å²) in [6.07, 6.45) is 2.53. The molecule has 16 heavy (non-hydrogen) atoms. The Morgan fingerprint density at radius 2 is 2.12 bits per heavy atom. The van der Waals surface area contributed by atoms with Crippen LogP contribution in [0.1, 0.15) is 12.8 Å². The highest BCUT2D eigenvalue weighted by atomic mass is 32.2. The van der Waals surface area contributed by atoms with Crippen molar-refractivity contribution in [2.45, 2.75) is 12.8 Å². The Morgan fingerprint density at radius 3 is 2.69 bits per heavy atom. The Kier molecular flexibility index (Phi) is 4.88. The Labute approximate surface area is 107 Å². The molecule has 0 saturated carbocycles. The van der Waals surface area contributed by atoms with E-state index in [0.29, 0.717) is 0 Å². The van der Waals surface area contributed by atoms with Crippen LogP contribution in [0.5, 0.6) is 0 Å². The van der Waals surface area contributed by atoms with Gasteiger partial charge in [0.2, 0.25) is 0 Å². The van der Waals surface area contributed by atoms with E-state index in [9.17, 15) is 0 Å². The molecule has 0 radical (unpaired) electrons. The second-order valence-electron chi connectivity index (χ2n) is 4.54. The van der Waals surface area contributed by atoms with Gasteiger partial charge in [-0.2, -0.15) is 0 Å². The van der Waals surface area contributed by atoms with Crippen molar-refractivity contribution in [1.82, 2.24) is 9.80 Å². The van der Waals surface area contributed by atoms with Crippen LogP contribution in [0.4, 0.5) is 0 Å². The fourth-order valence-electron chi connectivity index (χ4n) is 2.33. The summed E-state index contributed by atoms with van der Waals surface area (Å²) < 4.78 is 6.30. The van der Waals surface area contributed by atoms with Crippen molar-refractivity contribution in [3.05, 3.63) is 0 Å². The standard InChI is InChI=1S/C11H20N2OS2/c1-14-8-10-2-4-12(5-3-10)9-13-6-7-16-11(13)15/h10H,2-9H2,1H3. The maximum Gasteiger partial charge on any atom is 0.137 e. The third kappa shape index (κ3) is 3.32. The Balaban J connectivity index is 1.70. The monoisotopic (exact) mass is 260 g/mol. The fraction of sp³-hybridized carbons (Fsp3) is 0.909. The number of ether oxygens (including phenoxy) is 1. The molecule has 0 aromatic heterocycles. The van der Waals surface area contributed by atoms with E-state index >= 15 is 0 Å². The number of hydrogen-bond acceptors (Lipinski definition) is 4. The fourth-order valence-corrected chi connectivity index (χ4v) is 3.54. The van der Waals surface area contributed by atoms with Crippen LogP contribution in [0.25, 0.3) is 0 Å². The number of hydrogen-bond donors (Lipinski definition) is 0. The molecular formula is C11H20N2OS2. The Hall–Kier alpha value is 0.160. The van der Waals surface area contributed by atoms with Gasteiger partial charge in [0, 0.05) is 39.1 Å². The molecule has 0 atom stereocenters. The number of thioether (sulfide) groups is 1. The van der Waals surface area contributed by atoms with Gasteiger partial charge in [-0.3, -0.25) is 4.90 Å². The lowest BCUT2D eigenvalue weighted by Crippen LogP contribution is -2.42. The largest absolute Gasteiger partial charge is 0.384 e. The molecule has 2 fully saturated rings. The first-order chi connectivity index (χ1) is 7.79. The van der Waals surface area contributed by atoms with Gasteiger partial charge in [-0.05, 0) is 18.8 Å². The minimum atomic E-state index is 0.765. The Bertz CT molecular complexity index is 242. The normalized spacial score (nSPS) is 24.3. The molecule has 2 heterocycles. The summed E-state index contributed by atoms with van der Waals surface area (Å²) in [5.74, 6) is 1.93. The van der Waals surface area contributed by atoms with Gasteiger partial charge in [0.1, 0.15) is 4.32 Å². The quantitative estimate of drug-likeness (QED) is 0.712. The molecule has 0 spiro atoms. The topological polar surface area (TPSA) is 15.7 Å². The van der Waals surface area contributed by atoms with Crippen LogP contribution >= 0.6 is 24.0 Å². The lowest BCUT2D eigenvalue weighted by Gasteiger charge is -2.34. The molecule has 2 saturated heterocycles. The number of methoxy groups -OCH3 is 1. The van der Waals surface area contributed by atoms with Crippen LogP contribution in [-0.4, -0.2) is 59.9 Å². The van der Waals surface area contributed by atoms with Crippen LogP contribution in [0, 0.1) is 5.92 Å². The van der Waals surface area contributed by atoms with Crippen LogP contribution in [0.3, 0.4) is 0 Å². The van der Waals surface area contributed by atoms with E-state index in [-0.39, 0.29) is 0 Å². The van der Waals surface area contributed by atoms with E-state index in [0.717, 1.165) is 30.1 Å². The van der Waals surface area contributed by atoms with E-state index in [1.807, 2.05) is 11.8 Å². The van der Waals surface area contributed by atoms with Gasteiger partial charge >= 0.3 is 0 Å². The highest BCUT2D eigenvalue weighted by molar-refractivity contribution is 8.23. The Morgan fingerprint density at radius 1 is 1.38 bits per heavy atom. The van der Waals surface area contributed by atoms with E-state index in [4.69, 9.17) is 17.0 Å². The first-order valence-electron chi connectivity index (χ1n) is 5.92. The molecule has 5 heteroatoms. The molecule has 0 amide bonds. The van der Waals surface area contributed by atoms with Crippen molar-refractivity contribution < 1.29 is 4.74 Å². The van der Waals surface area contributed by atoms with Gasteiger partial charge in [-0.1, -0.05) is 24.0 Å². The smallest absolute Gasteiger partial charge is 0.137 e. The number of thiocarbonyl (C=S) groups is 1. The molecular weight excluding hydrogens is 240 g/mol. The number of nitrogens with zero attached hydrogens (tertiary/aromatic N) is 2. The predicted octanol–water partition coefficient (Wildman–Crippen LogP) is 1.64. The SMILES string of the molecule is COCC1CCN(CN2CCSC2=S)CC1. The molecule has 2 rings (SSSR count). The average molecular weight is 260 g/mol. The van der Waals surface area contributed by atoms with E-state index in [1.165, 1.54) is 31.7 Å². The van der Waals surface area contributed by atoms with Gasteiger partial charge in [0.05, 0.1) is 6.67 Å². The van der Waals surface area contributed by atoms with Crippen molar-refractivity contribution >= 4 is 28.3 Å². The van der Waals surface area contributed by atoms with Crippen molar-refractivity contribution in [3.63, 3.8) is 0 Å². The van der Waals surface area contributed by atoms with Gasteiger partial charge in [-0.25, -0.2) is 0 Å². The summed E-state index contributed by atoms with van der Waals surface area (Å²) in [5.41, 5.74) is 0. The second kappa shape index (κ2) is 6.19. The highest BCUT2D eigenvalue weighted by Crippen LogP contribution is 2.21. The molecule has 0 bridgehead atoms. The third-order valence-electron chi connectivity index (χ3n) is 3.33. The molecule has 2 aliphatic rings. The molecule has 0 N–H and O–H groups in total. The first-order valence-corrected chi connectivity index (χ1v) is 7.32. The molecule has 0 unspecified atom stereocenters. The summed E-state index contributed by atoms with van der Waals surface area (Å²) in [7, 11) is 1.80. The van der Waals surface area contributed by atoms with Crippen LogP contribution in [0.15, 0.2) is 0 Å². The second-order valence-corrected chi connectivity index (χ2v) is 6.26. The number of likely N-dealkylation sites (tertiary alicyclic amines) is 1. The van der Waals surface area contributed by atoms with Crippen molar-refractivity contribution in [2.75, 3.05) is 45.8 Å². The van der Waals surface area contributed by atoms with Crippen LogP contribution in [0.2, 0.25) is 0 Å². The zero-order valence-electron chi connectivity index (χ0n) is 9.85. The number of rotatable bonds is 4. The molecule has 0 aromatic rings. The van der Waals surface area contributed by atoms with Gasteiger partial charge in [0.15, 0.2) is 0 Å². The maximum absolute atomic E-state index is 5.32. The third-order valence-corrected chi connectivity index (χ3v) is 4.83. The molecule has 3 nitrogen and oxygen atoms in total. The first kappa shape index (κ1) is 12.6. The zero-order chi connectivity index (χ0) is 11.4. The molecule has 2 aliphatic heterocycles. The van der Waals surface area contributed by atoms with Crippen LogP contribution < -0.4 is 0 Å². The minimum Gasteiger partial charge on any atom is -0.384 e. The van der Waals surface area contributed by atoms with E-state index < -0.39 is 0 Å². The lowest BCUT2D eigenvalue weighted by atomic mass is 9.98. The molecule has 0 aliphatic carbocycles. The summed E-state index contributed by atoms with van der Waals surface area (Å²) in [6.45, 7) is 5.47. The maximum atomic E-state index is 5.32. The molecule has 92 valence electrons. The van der Waals surface area contributed by atoms with Crippen LogP contribution in [-0.2, 0) is 4.74 Å². The highest BCUT2D eigenvalue weighted by Gasteiger charge is 2.23. The number of piperidine rings is 1. The molecule has 0 aromatic carbocycles. The van der Waals surface area contributed by atoms with Crippen molar-refractivity contribution in [1.29, 1.82) is 0 Å². The van der Waals surface area contributed by atoms with Crippen molar-refractivity contribution in [3.8, 4) is 0 Å². The van der Waals surface area contributed by atoms with E-state index in [2.05, 4.69) is 9.80 Å². The van der Waals surface area contributed by atoms with Gasteiger partial charge in [0.25, 0.3) is 0 Å². The summed E-state index contributed by atoms with van der Waals surface area (Å²) in [6, 6.07) is 0. The summed E-state index contributed by atoms with van der Waals surface area (Å²) in [4.78, 5) is 4.85. The van der Waals surface area contributed by atoms with Gasteiger partial charge in [-0.15, -0.1) is 0 Å². The minimum absolute atomic E-state index is 0.765. The lowest BCUT2D eigenvalue weighted by molar-refractivity contribution is 0.0845. The predicted molar refractivity (Wildman–Crippen MR) is 72.8 cm³/mol.